The van der Waals surface area contributed by atoms with Gasteiger partial charge in [-0.2, -0.15) is 0 Å². The lowest BCUT2D eigenvalue weighted by Gasteiger charge is -2.08. The second-order valence-corrected chi connectivity index (χ2v) is 4.27. The summed E-state index contributed by atoms with van der Waals surface area (Å²) in [6.45, 7) is 0.949. The van der Waals surface area contributed by atoms with Crippen molar-refractivity contribution in [2.75, 3.05) is 17.7 Å². The maximum Gasteiger partial charge on any atom is 0.0471 e. The minimum absolute atomic E-state index is 0.182. The molecule has 0 aliphatic rings. The molecule has 0 aliphatic carbocycles. The summed E-state index contributed by atoms with van der Waals surface area (Å²) in [4.78, 5) is 0. The van der Waals surface area contributed by atoms with Gasteiger partial charge in [0, 0.05) is 24.5 Å². The predicted octanol–water partition coefficient (Wildman–Crippen LogP) is 2.42. The summed E-state index contributed by atoms with van der Waals surface area (Å²) in [5, 5.41) is 12.3. The quantitative estimate of drug-likeness (QED) is 0.706. The maximum absolute atomic E-state index is 8.91. The van der Waals surface area contributed by atoms with Crippen molar-refractivity contribution < 1.29 is 5.11 Å². The smallest absolute Gasteiger partial charge is 0.0471 e. The number of rotatable bonds is 5. The van der Waals surface area contributed by atoms with Gasteiger partial charge < -0.3 is 16.2 Å². The van der Waals surface area contributed by atoms with Crippen LogP contribution in [0.25, 0.3) is 0 Å². The predicted molar refractivity (Wildman–Crippen MR) is 75.4 cm³/mol. The van der Waals surface area contributed by atoms with Crippen molar-refractivity contribution in [2.24, 2.45) is 0 Å². The van der Waals surface area contributed by atoms with E-state index in [0.29, 0.717) is 6.42 Å². The van der Waals surface area contributed by atoms with Crippen LogP contribution in [0.15, 0.2) is 48.5 Å². The minimum Gasteiger partial charge on any atom is -0.399 e. The topological polar surface area (TPSA) is 58.3 Å². The fourth-order valence-electron chi connectivity index (χ4n) is 1.81. The van der Waals surface area contributed by atoms with E-state index in [1.165, 1.54) is 5.56 Å². The highest BCUT2D eigenvalue weighted by Crippen LogP contribution is 2.13. The average Bonchev–Trinajstić information content (AvgIpc) is 2.39. The van der Waals surface area contributed by atoms with Crippen molar-refractivity contribution in [3.05, 3.63) is 59.7 Å². The maximum atomic E-state index is 8.91. The van der Waals surface area contributed by atoms with E-state index < -0.39 is 0 Å². The first kappa shape index (κ1) is 12.5. The van der Waals surface area contributed by atoms with Gasteiger partial charge in [0.2, 0.25) is 0 Å². The minimum atomic E-state index is 0.182. The molecule has 0 spiro atoms. The van der Waals surface area contributed by atoms with Crippen LogP contribution >= 0.6 is 0 Å². The highest BCUT2D eigenvalue weighted by atomic mass is 16.2. The van der Waals surface area contributed by atoms with E-state index >= 15 is 0 Å². The number of hydrogen-bond donors (Lipinski definition) is 3. The zero-order valence-electron chi connectivity index (χ0n) is 10.3. The van der Waals surface area contributed by atoms with E-state index in [1.54, 1.807) is 0 Å². The zero-order valence-corrected chi connectivity index (χ0v) is 10.3. The van der Waals surface area contributed by atoms with Crippen molar-refractivity contribution in [3.63, 3.8) is 0 Å². The summed E-state index contributed by atoms with van der Waals surface area (Å²) < 4.78 is 0. The molecule has 3 heteroatoms. The van der Waals surface area contributed by atoms with Gasteiger partial charge in [0.15, 0.2) is 0 Å². The Bertz CT molecular complexity index is 494. The monoisotopic (exact) mass is 242 g/mol. The molecule has 0 heterocycles. The summed E-state index contributed by atoms with van der Waals surface area (Å²) in [6.07, 6.45) is 0.692. The van der Waals surface area contributed by atoms with Gasteiger partial charge in [0.25, 0.3) is 0 Å². The summed E-state index contributed by atoms with van der Waals surface area (Å²) in [5.41, 5.74) is 9.82. The van der Waals surface area contributed by atoms with Crippen molar-refractivity contribution in [1.82, 2.24) is 0 Å². The van der Waals surface area contributed by atoms with Crippen LogP contribution in [0, 0.1) is 0 Å². The molecule has 0 unspecified atom stereocenters. The van der Waals surface area contributed by atoms with Crippen LogP contribution < -0.4 is 11.1 Å². The normalized spacial score (nSPS) is 10.3. The van der Waals surface area contributed by atoms with Gasteiger partial charge in [0.1, 0.15) is 0 Å². The first-order chi connectivity index (χ1) is 8.78. The summed E-state index contributed by atoms with van der Waals surface area (Å²) in [5.74, 6) is 0. The molecule has 0 atom stereocenters. The third-order valence-electron chi connectivity index (χ3n) is 2.80. The Morgan fingerprint density at radius 2 is 1.78 bits per heavy atom. The van der Waals surface area contributed by atoms with Gasteiger partial charge in [-0.1, -0.05) is 24.3 Å². The number of benzene rings is 2. The van der Waals surface area contributed by atoms with E-state index in [1.807, 2.05) is 42.5 Å². The molecule has 0 aromatic heterocycles. The Morgan fingerprint density at radius 1 is 1.00 bits per heavy atom. The highest BCUT2D eigenvalue weighted by Gasteiger charge is 1.96. The van der Waals surface area contributed by atoms with E-state index in [0.717, 1.165) is 23.5 Å². The number of hydrogen-bond acceptors (Lipinski definition) is 3. The molecule has 0 aliphatic heterocycles. The Balaban J connectivity index is 1.97. The first-order valence-electron chi connectivity index (χ1n) is 6.06. The standard InChI is InChI=1S/C15H18N2O/c16-14-6-4-13(5-7-14)11-17-15-3-1-2-12(10-15)8-9-18/h1-7,10,17-18H,8-9,11,16H2. The van der Waals surface area contributed by atoms with Gasteiger partial charge in [-0.3, -0.25) is 0 Å². The highest BCUT2D eigenvalue weighted by molar-refractivity contribution is 5.47. The Labute approximate surface area is 107 Å². The van der Waals surface area contributed by atoms with Crippen molar-refractivity contribution in [3.8, 4) is 0 Å². The van der Waals surface area contributed by atoms with Crippen LogP contribution in [0.1, 0.15) is 11.1 Å². The molecule has 94 valence electrons. The third-order valence-corrected chi connectivity index (χ3v) is 2.80. The van der Waals surface area contributed by atoms with Gasteiger partial charge in [0.05, 0.1) is 0 Å². The molecule has 2 aromatic carbocycles. The number of nitrogens with one attached hydrogen (secondary N) is 1. The second-order valence-electron chi connectivity index (χ2n) is 4.27. The average molecular weight is 242 g/mol. The zero-order chi connectivity index (χ0) is 12.8. The number of nitrogens with two attached hydrogens (primary N) is 1. The number of anilines is 2. The third kappa shape index (κ3) is 3.50. The summed E-state index contributed by atoms with van der Waals surface area (Å²) >= 11 is 0. The van der Waals surface area contributed by atoms with Crippen molar-refractivity contribution >= 4 is 11.4 Å². The number of nitrogen functional groups attached to an aromatic ring is 1. The lowest BCUT2D eigenvalue weighted by Crippen LogP contribution is -2.00. The molecule has 18 heavy (non-hydrogen) atoms. The van der Waals surface area contributed by atoms with Crippen LogP contribution in [0.4, 0.5) is 11.4 Å². The van der Waals surface area contributed by atoms with Crippen LogP contribution in [0.3, 0.4) is 0 Å². The molecule has 0 amide bonds. The second kappa shape index (κ2) is 6.07. The van der Waals surface area contributed by atoms with Crippen molar-refractivity contribution in [2.45, 2.75) is 13.0 Å². The Kier molecular flexibility index (Phi) is 4.20. The largest absolute Gasteiger partial charge is 0.399 e. The van der Waals surface area contributed by atoms with E-state index in [9.17, 15) is 0 Å². The van der Waals surface area contributed by atoms with Crippen LogP contribution in [0.2, 0.25) is 0 Å². The molecule has 4 N–H and O–H groups in total. The molecule has 0 saturated carbocycles. The molecule has 0 bridgehead atoms. The lowest BCUT2D eigenvalue weighted by atomic mass is 10.1. The molecule has 0 radical (unpaired) electrons. The van der Waals surface area contributed by atoms with Crippen LogP contribution in [0.5, 0.6) is 0 Å². The number of aliphatic hydroxyl groups excluding tert-OH is 1. The van der Waals surface area contributed by atoms with E-state index in [4.69, 9.17) is 10.8 Å². The lowest BCUT2D eigenvalue weighted by molar-refractivity contribution is 0.299. The van der Waals surface area contributed by atoms with Gasteiger partial charge in [-0.15, -0.1) is 0 Å². The fourth-order valence-corrected chi connectivity index (χ4v) is 1.81. The summed E-state index contributed by atoms with van der Waals surface area (Å²) in [7, 11) is 0. The first-order valence-corrected chi connectivity index (χ1v) is 6.06. The van der Waals surface area contributed by atoms with Gasteiger partial charge in [-0.25, -0.2) is 0 Å². The summed E-state index contributed by atoms with van der Waals surface area (Å²) in [6, 6.07) is 15.9. The van der Waals surface area contributed by atoms with Gasteiger partial charge >= 0.3 is 0 Å². The van der Waals surface area contributed by atoms with Crippen LogP contribution in [-0.2, 0) is 13.0 Å². The molecular formula is C15H18N2O. The van der Waals surface area contributed by atoms with E-state index in [2.05, 4.69) is 11.4 Å². The van der Waals surface area contributed by atoms with Gasteiger partial charge in [-0.05, 0) is 41.8 Å². The SMILES string of the molecule is Nc1ccc(CNc2cccc(CCO)c2)cc1. The van der Waals surface area contributed by atoms with Crippen LogP contribution in [-0.4, -0.2) is 11.7 Å². The fraction of sp³-hybridized carbons (Fsp3) is 0.200. The molecule has 3 nitrogen and oxygen atoms in total. The van der Waals surface area contributed by atoms with Crippen molar-refractivity contribution in [1.29, 1.82) is 0 Å². The molecule has 2 aromatic rings. The molecule has 0 saturated heterocycles. The molecule has 0 fully saturated rings. The Morgan fingerprint density at radius 3 is 2.50 bits per heavy atom. The Hall–Kier alpha value is -2.00. The number of aliphatic hydroxyl groups is 1. The molecular weight excluding hydrogens is 224 g/mol. The van der Waals surface area contributed by atoms with E-state index in [-0.39, 0.29) is 6.61 Å². The molecule has 2 rings (SSSR count).